The summed E-state index contributed by atoms with van der Waals surface area (Å²) in [6, 6.07) is 16.5. The van der Waals surface area contributed by atoms with Crippen molar-refractivity contribution in [2.75, 3.05) is 26.2 Å². The number of nitrogens with zero attached hydrogens (tertiary/aromatic N) is 1. The molecule has 0 saturated carbocycles. The first-order chi connectivity index (χ1) is 11.3. The van der Waals surface area contributed by atoms with E-state index in [1.165, 1.54) is 37.1 Å². The fourth-order valence-electron chi connectivity index (χ4n) is 3.88. The highest BCUT2D eigenvalue weighted by atomic mass is 35.5. The van der Waals surface area contributed by atoms with Crippen LogP contribution >= 0.6 is 12.4 Å². The van der Waals surface area contributed by atoms with Crippen LogP contribution in [0.5, 0.6) is 0 Å². The van der Waals surface area contributed by atoms with E-state index in [2.05, 4.69) is 34.5 Å². The minimum absolute atomic E-state index is 0. The van der Waals surface area contributed by atoms with Gasteiger partial charge >= 0.3 is 0 Å². The Hall–Kier alpha value is -1.84. The number of carbonyl (C=O) groups excluding carboxylic acids is 1. The Balaban J connectivity index is 0.00000169. The average molecular weight is 343 g/mol. The summed E-state index contributed by atoms with van der Waals surface area (Å²) in [4.78, 5) is 15.2. The molecule has 1 heterocycles. The van der Waals surface area contributed by atoms with Crippen LogP contribution in [0.1, 0.15) is 29.9 Å². The molecule has 0 spiro atoms. The number of carbonyl (C=O) groups is 1. The summed E-state index contributed by atoms with van der Waals surface area (Å²) < 4.78 is 0. The lowest BCUT2D eigenvalue weighted by molar-refractivity contribution is -0.121. The van der Waals surface area contributed by atoms with Crippen molar-refractivity contribution in [1.29, 1.82) is 0 Å². The van der Waals surface area contributed by atoms with Crippen molar-refractivity contribution in [3.8, 4) is 11.1 Å². The number of hydrogen-bond donors (Lipinski definition) is 1. The van der Waals surface area contributed by atoms with Crippen molar-refractivity contribution in [3.63, 3.8) is 0 Å². The number of rotatable bonds is 4. The van der Waals surface area contributed by atoms with Crippen LogP contribution in [0.25, 0.3) is 11.1 Å². The first-order valence-electron chi connectivity index (χ1n) is 8.53. The summed E-state index contributed by atoms with van der Waals surface area (Å²) >= 11 is 0. The zero-order valence-electron chi connectivity index (χ0n) is 13.7. The molecule has 24 heavy (non-hydrogen) atoms. The Morgan fingerprint density at radius 3 is 2.08 bits per heavy atom. The third kappa shape index (κ3) is 3.06. The Bertz CT molecular complexity index is 680. The molecule has 4 rings (SSSR count). The van der Waals surface area contributed by atoms with Crippen LogP contribution in [0.15, 0.2) is 48.5 Å². The van der Waals surface area contributed by atoms with Crippen LogP contribution in [0.3, 0.4) is 0 Å². The Morgan fingerprint density at radius 1 is 0.958 bits per heavy atom. The Morgan fingerprint density at radius 2 is 1.50 bits per heavy atom. The lowest BCUT2D eigenvalue weighted by atomic mass is 9.96. The van der Waals surface area contributed by atoms with Crippen molar-refractivity contribution >= 4 is 18.3 Å². The van der Waals surface area contributed by atoms with Gasteiger partial charge in [0.2, 0.25) is 5.91 Å². The van der Waals surface area contributed by atoms with E-state index in [1.807, 2.05) is 24.3 Å². The highest BCUT2D eigenvalue weighted by Gasteiger charge is 2.33. The van der Waals surface area contributed by atoms with Gasteiger partial charge < -0.3 is 10.2 Å². The van der Waals surface area contributed by atoms with E-state index in [0.29, 0.717) is 0 Å². The maximum atomic E-state index is 12.8. The van der Waals surface area contributed by atoms with Gasteiger partial charge in [-0.3, -0.25) is 4.79 Å². The van der Waals surface area contributed by atoms with Gasteiger partial charge in [0, 0.05) is 13.1 Å². The van der Waals surface area contributed by atoms with Crippen molar-refractivity contribution < 1.29 is 4.79 Å². The molecule has 2 aromatic rings. The van der Waals surface area contributed by atoms with Crippen LogP contribution < -0.4 is 5.32 Å². The molecule has 1 aliphatic carbocycles. The minimum atomic E-state index is -0.166. The SMILES string of the molecule is Cl.O=C(NCCN1CCCC1)C1c2ccccc2-c2ccccc21. The molecular formula is C20H23ClN2O. The summed E-state index contributed by atoms with van der Waals surface area (Å²) in [5.74, 6) is -0.0393. The molecule has 0 radical (unpaired) electrons. The molecule has 1 amide bonds. The summed E-state index contributed by atoms with van der Waals surface area (Å²) in [7, 11) is 0. The predicted molar refractivity (Wildman–Crippen MR) is 99.7 cm³/mol. The van der Waals surface area contributed by atoms with E-state index in [1.54, 1.807) is 0 Å². The summed E-state index contributed by atoms with van der Waals surface area (Å²) in [6.45, 7) is 4.04. The molecule has 126 valence electrons. The van der Waals surface area contributed by atoms with Gasteiger partial charge in [-0.1, -0.05) is 48.5 Å². The number of nitrogens with one attached hydrogen (secondary N) is 1. The predicted octanol–water partition coefficient (Wildman–Crippen LogP) is 3.43. The second-order valence-corrected chi connectivity index (χ2v) is 6.45. The second kappa shape index (κ2) is 7.37. The van der Waals surface area contributed by atoms with Crippen molar-refractivity contribution in [2.45, 2.75) is 18.8 Å². The van der Waals surface area contributed by atoms with Crippen LogP contribution in [-0.2, 0) is 4.79 Å². The van der Waals surface area contributed by atoms with Gasteiger partial charge in [0.05, 0.1) is 5.92 Å². The van der Waals surface area contributed by atoms with Crippen molar-refractivity contribution in [2.24, 2.45) is 0 Å². The van der Waals surface area contributed by atoms with E-state index in [-0.39, 0.29) is 24.2 Å². The zero-order valence-corrected chi connectivity index (χ0v) is 14.5. The number of fused-ring (bicyclic) bond motifs is 3. The summed E-state index contributed by atoms with van der Waals surface area (Å²) in [5.41, 5.74) is 4.66. The molecule has 1 N–H and O–H groups in total. The highest BCUT2D eigenvalue weighted by molar-refractivity contribution is 5.96. The lowest BCUT2D eigenvalue weighted by Crippen LogP contribution is -2.36. The molecule has 0 unspecified atom stereocenters. The van der Waals surface area contributed by atoms with Gasteiger partial charge in [-0.05, 0) is 48.2 Å². The Kier molecular flexibility index (Phi) is 5.22. The van der Waals surface area contributed by atoms with E-state index in [9.17, 15) is 4.79 Å². The number of halogens is 1. The molecule has 0 atom stereocenters. The van der Waals surface area contributed by atoms with Crippen LogP contribution in [-0.4, -0.2) is 37.0 Å². The van der Waals surface area contributed by atoms with Gasteiger partial charge in [-0.25, -0.2) is 0 Å². The van der Waals surface area contributed by atoms with E-state index in [4.69, 9.17) is 0 Å². The smallest absolute Gasteiger partial charge is 0.232 e. The molecule has 1 fully saturated rings. The monoisotopic (exact) mass is 342 g/mol. The lowest BCUT2D eigenvalue weighted by Gasteiger charge is -2.17. The second-order valence-electron chi connectivity index (χ2n) is 6.45. The molecule has 0 bridgehead atoms. The molecule has 2 aromatic carbocycles. The first-order valence-corrected chi connectivity index (χ1v) is 8.53. The average Bonchev–Trinajstić information content (AvgIpc) is 3.20. The summed E-state index contributed by atoms with van der Waals surface area (Å²) in [5, 5.41) is 3.15. The van der Waals surface area contributed by atoms with Crippen molar-refractivity contribution in [3.05, 3.63) is 59.7 Å². The van der Waals surface area contributed by atoms with Gasteiger partial charge in [0.15, 0.2) is 0 Å². The topological polar surface area (TPSA) is 32.3 Å². The fourth-order valence-corrected chi connectivity index (χ4v) is 3.88. The normalized spacial score (nSPS) is 16.3. The molecule has 1 aliphatic heterocycles. The number of benzene rings is 2. The molecule has 3 nitrogen and oxygen atoms in total. The van der Waals surface area contributed by atoms with Crippen LogP contribution in [0.4, 0.5) is 0 Å². The fraction of sp³-hybridized carbons (Fsp3) is 0.350. The molecule has 4 heteroatoms. The van der Waals surface area contributed by atoms with Gasteiger partial charge in [0.25, 0.3) is 0 Å². The van der Waals surface area contributed by atoms with E-state index in [0.717, 1.165) is 24.2 Å². The van der Waals surface area contributed by atoms with E-state index >= 15 is 0 Å². The van der Waals surface area contributed by atoms with Crippen LogP contribution in [0, 0.1) is 0 Å². The maximum absolute atomic E-state index is 12.8. The van der Waals surface area contributed by atoms with Gasteiger partial charge in [0.1, 0.15) is 0 Å². The standard InChI is InChI=1S/C20H22N2O.ClH/c23-20(21-11-14-22-12-5-6-13-22)19-17-9-3-1-7-15(17)16-8-2-4-10-18(16)19;/h1-4,7-10,19H,5-6,11-14H2,(H,21,23);1H. The zero-order chi connectivity index (χ0) is 15.6. The molecular weight excluding hydrogens is 320 g/mol. The quantitative estimate of drug-likeness (QED) is 0.923. The number of hydrogen-bond acceptors (Lipinski definition) is 2. The van der Waals surface area contributed by atoms with E-state index < -0.39 is 0 Å². The molecule has 0 aromatic heterocycles. The third-order valence-electron chi connectivity index (χ3n) is 5.02. The first kappa shape index (κ1) is 17.0. The molecule has 2 aliphatic rings. The van der Waals surface area contributed by atoms with Gasteiger partial charge in [-0.15, -0.1) is 12.4 Å². The third-order valence-corrected chi connectivity index (χ3v) is 5.02. The largest absolute Gasteiger partial charge is 0.354 e. The summed E-state index contributed by atoms with van der Waals surface area (Å²) in [6.07, 6.45) is 2.58. The number of likely N-dealkylation sites (tertiary alicyclic amines) is 1. The Labute approximate surface area is 149 Å². The molecule has 1 saturated heterocycles. The van der Waals surface area contributed by atoms with Gasteiger partial charge in [-0.2, -0.15) is 0 Å². The number of amides is 1. The highest BCUT2D eigenvalue weighted by Crippen LogP contribution is 2.44. The maximum Gasteiger partial charge on any atom is 0.232 e. The minimum Gasteiger partial charge on any atom is -0.354 e. The van der Waals surface area contributed by atoms with Crippen LogP contribution in [0.2, 0.25) is 0 Å². The van der Waals surface area contributed by atoms with Crippen molar-refractivity contribution in [1.82, 2.24) is 10.2 Å².